The molecular weight excluding hydrogens is 344 g/mol. The van der Waals surface area contributed by atoms with Gasteiger partial charge in [0, 0.05) is 17.6 Å². The Bertz CT molecular complexity index is 660. The number of rotatable bonds is 9. The first-order chi connectivity index (χ1) is 11.5. The van der Waals surface area contributed by atoms with Crippen molar-refractivity contribution in [1.82, 2.24) is 10.3 Å². The van der Waals surface area contributed by atoms with Gasteiger partial charge < -0.3 is 14.8 Å². The molecule has 0 aliphatic carbocycles. The Morgan fingerprint density at radius 1 is 1.29 bits per heavy atom. The molecule has 24 heavy (non-hydrogen) atoms. The molecule has 6 heteroatoms. The molecule has 0 bridgehead atoms. The number of aromatic nitrogens is 1. The third-order valence-electron chi connectivity index (χ3n) is 3.44. The van der Waals surface area contributed by atoms with E-state index < -0.39 is 0 Å². The van der Waals surface area contributed by atoms with Crippen LogP contribution in [0.1, 0.15) is 49.5 Å². The standard InChI is InChI=1S/C18H25ClN2O2S/c1-5-7-23-17-15(19)8-14(9-16(17)22-6-2)10-20-13(4)18-21-12(3)11-24-18/h8-9,11,13,20H,5-7,10H2,1-4H3. The third-order valence-corrected chi connectivity index (χ3v) is 4.87. The van der Waals surface area contributed by atoms with Crippen molar-refractivity contribution in [2.24, 2.45) is 0 Å². The summed E-state index contributed by atoms with van der Waals surface area (Å²) in [5, 5.41) is 7.22. The number of thiazole rings is 1. The van der Waals surface area contributed by atoms with E-state index in [9.17, 15) is 0 Å². The Morgan fingerprint density at radius 2 is 2.08 bits per heavy atom. The van der Waals surface area contributed by atoms with E-state index in [1.54, 1.807) is 11.3 Å². The maximum Gasteiger partial charge on any atom is 0.179 e. The minimum absolute atomic E-state index is 0.189. The number of hydrogen-bond acceptors (Lipinski definition) is 5. The lowest BCUT2D eigenvalue weighted by Crippen LogP contribution is -2.18. The summed E-state index contributed by atoms with van der Waals surface area (Å²) in [6.45, 7) is 10.0. The van der Waals surface area contributed by atoms with Crippen LogP contribution in [0, 0.1) is 6.92 Å². The van der Waals surface area contributed by atoms with Crippen LogP contribution in [0.25, 0.3) is 0 Å². The molecule has 1 unspecified atom stereocenters. The maximum absolute atomic E-state index is 6.40. The molecule has 0 fully saturated rings. The van der Waals surface area contributed by atoms with E-state index >= 15 is 0 Å². The Morgan fingerprint density at radius 3 is 2.71 bits per heavy atom. The van der Waals surface area contributed by atoms with Gasteiger partial charge in [0.25, 0.3) is 0 Å². The van der Waals surface area contributed by atoms with Crippen molar-refractivity contribution in [3.8, 4) is 11.5 Å². The Kier molecular flexibility index (Phi) is 7.34. The molecule has 0 saturated heterocycles. The van der Waals surface area contributed by atoms with Crippen LogP contribution in [0.3, 0.4) is 0 Å². The summed E-state index contributed by atoms with van der Waals surface area (Å²) < 4.78 is 11.4. The summed E-state index contributed by atoms with van der Waals surface area (Å²) in [7, 11) is 0. The smallest absolute Gasteiger partial charge is 0.179 e. The zero-order valence-electron chi connectivity index (χ0n) is 14.7. The van der Waals surface area contributed by atoms with Gasteiger partial charge in [0.05, 0.1) is 24.3 Å². The molecule has 1 N–H and O–H groups in total. The van der Waals surface area contributed by atoms with Gasteiger partial charge in [0.1, 0.15) is 5.01 Å². The molecule has 4 nitrogen and oxygen atoms in total. The fraction of sp³-hybridized carbons (Fsp3) is 0.500. The van der Waals surface area contributed by atoms with Gasteiger partial charge in [-0.15, -0.1) is 11.3 Å². The van der Waals surface area contributed by atoms with Gasteiger partial charge in [-0.2, -0.15) is 0 Å². The normalized spacial score (nSPS) is 12.2. The van der Waals surface area contributed by atoms with E-state index in [0.29, 0.717) is 36.3 Å². The fourth-order valence-corrected chi connectivity index (χ4v) is 3.38. The lowest BCUT2D eigenvalue weighted by Gasteiger charge is -2.16. The first kappa shape index (κ1) is 19.0. The number of ether oxygens (including phenoxy) is 2. The van der Waals surface area contributed by atoms with Crippen LogP contribution in [0.2, 0.25) is 5.02 Å². The second-order valence-corrected chi connectivity index (χ2v) is 6.91. The van der Waals surface area contributed by atoms with Gasteiger partial charge in [-0.05, 0) is 44.9 Å². The summed E-state index contributed by atoms with van der Waals surface area (Å²) in [6.07, 6.45) is 0.927. The van der Waals surface area contributed by atoms with E-state index in [1.807, 2.05) is 26.0 Å². The number of halogens is 1. The van der Waals surface area contributed by atoms with Crippen molar-refractivity contribution in [3.05, 3.63) is 38.8 Å². The molecule has 2 aromatic rings. The van der Waals surface area contributed by atoms with Crippen molar-refractivity contribution in [2.75, 3.05) is 13.2 Å². The first-order valence-corrected chi connectivity index (χ1v) is 9.54. The van der Waals surface area contributed by atoms with Crippen molar-refractivity contribution < 1.29 is 9.47 Å². The van der Waals surface area contributed by atoms with Crippen LogP contribution in [-0.4, -0.2) is 18.2 Å². The molecule has 0 amide bonds. The van der Waals surface area contributed by atoms with Crippen LogP contribution < -0.4 is 14.8 Å². The van der Waals surface area contributed by atoms with Crippen LogP contribution in [0.4, 0.5) is 0 Å². The molecule has 2 rings (SSSR count). The second kappa shape index (κ2) is 9.25. The second-order valence-electron chi connectivity index (χ2n) is 5.62. The largest absolute Gasteiger partial charge is 0.490 e. The number of benzene rings is 1. The molecule has 1 atom stereocenters. The van der Waals surface area contributed by atoms with Gasteiger partial charge in [0.2, 0.25) is 0 Å². The quantitative estimate of drug-likeness (QED) is 0.665. The highest BCUT2D eigenvalue weighted by Gasteiger charge is 2.14. The van der Waals surface area contributed by atoms with E-state index in [4.69, 9.17) is 21.1 Å². The van der Waals surface area contributed by atoms with Crippen molar-refractivity contribution >= 4 is 22.9 Å². The highest BCUT2D eigenvalue weighted by molar-refractivity contribution is 7.09. The first-order valence-electron chi connectivity index (χ1n) is 8.28. The van der Waals surface area contributed by atoms with Crippen LogP contribution in [-0.2, 0) is 6.54 Å². The number of hydrogen-bond donors (Lipinski definition) is 1. The van der Waals surface area contributed by atoms with Crippen LogP contribution in [0.15, 0.2) is 17.5 Å². The summed E-state index contributed by atoms with van der Waals surface area (Å²) in [6, 6.07) is 4.11. The van der Waals surface area contributed by atoms with Gasteiger partial charge in [-0.3, -0.25) is 0 Å². The van der Waals surface area contributed by atoms with Gasteiger partial charge in [-0.1, -0.05) is 18.5 Å². The lowest BCUT2D eigenvalue weighted by molar-refractivity contribution is 0.277. The zero-order chi connectivity index (χ0) is 17.5. The predicted octanol–water partition coefficient (Wildman–Crippen LogP) is 5.14. The molecule has 1 heterocycles. The maximum atomic E-state index is 6.40. The van der Waals surface area contributed by atoms with E-state index in [0.717, 1.165) is 22.7 Å². The van der Waals surface area contributed by atoms with Gasteiger partial charge in [0.15, 0.2) is 11.5 Å². The number of nitrogens with zero attached hydrogens (tertiary/aromatic N) is 1. The molecule has 1 aromatic carbocycles. The molecule has 0 radical (unpaired) electrons. The Labute approximate surface area is 153 Å². The summed E-state index contributed by atoms with van der Waals surface area (Å²) in [4.78, 5) is 4.52. The SMILES string of the molecule is CCCOc1c(Cl)cc(CNC(C)c2nc(C)cs2)cc1OCC. The minimum atomic E-state index is 0.189. The summed E-state index contributed by atoms with van der Waals surface area (Å²) in [5.41, 5.74) is 2.12. The number of aryl methyl sites for hydroxylation is 1. The van der Waals surface area contributed by atoms with Crippen LogP contribution >= 0.6 is 22.9 Å². The topological polar surface area (TPSA) is 43.4 Å². The molecule has 0 saturated carbocycles. The fourth-order valence-electron chi connectivity index (χ4n) is 2.26. The molecule has 1 aromatic heterocycles. The van der Waals surface area contributed by atoms with Crippen LogP contribution in [0.5, 0.6) is 11.5 Å². The minimum Gasteiger partial charge on any atom is -0.490 e. The lowest BCUT2D eigenvalue weighted by atomic mass is 10.2. The molecule has 0 spiro atoms. The van der Waals surface area contributed by atoms with E-state index in [2.05, 4.69) is 29.5 Å². The van der Waals surface area contributed by atoms with Crippen molar-refractivity contribution in [1.29, 1.82) is 0 Å². The Balaban J connectivity index is 2.09. The monoisotopic (exact) mass is 368 g/mol. The highest BCUT2D eigenvalue weighted by Crippen LogP contribution is 2.37. The third kappa shape index (κ3) is 5.10. The highest BCUT2D eigenvalue weighted by atomic mass is 35.5. The Hall–Kier alpha value is -1.30. The molecule has 132 valence electrons. The van der Waals surface area contributed by atoms with Crippen molar-refractivity contribution in [2.45, 2.75) is 46.7 Å². The number of nitrogens with one attached hydrogen (secondary N) is 1. The summed E-state index contributed by atoms with van der Waals surface area (Å²) in [5.74, 6) is 1.33. The molecule has 0 aliphatic heterocycles. The zero-order valence-corrected chi connectivity index (χ0v) is 16.3. The average Bonchev–Trinajstić information content (AvgIpc) is 2.99. The predicted molar refractivity (Wildman–Crippen MR) is 101 cm³/mol. The summed E-state index contributed by atoms with van der Waals surface area (Å²) >= 11 is 8.07. The molecular formula is C18H25ClN2O2S. The van der Waals surface area contributed by atoms with E-state index in [-0.39, 0.29) is 6.04 Å². The molecule has 0 aliphatic rings. The van der Waals surface area contributed by atoms with Gasteiger partial charge >= 0.3 is 0 Å². The van der Waals surface area contributed by atoms with Crippen molar-refractivity contribution in [3.63, 3.8) is 0 Å². The van der Waals surface area contributed by atoms with Gasteiger partial charge in [-0.25, -0.2) is 4.98 Å². The average molecular weight is 369 g/mol. The van der Waals surface area contributed by atoms with E-state index in [1.165, 1.54) is 0 Å².